The fraction of sp³-hybridized carbons (Fsp3) is 0. The molecule has 2 nitrogen and oxygen atoms in total. The number of rotatable bonds is 2. The number of nitrogens with zero attached hydrogens (tertiary/aromatic N) is 2. The maximum Gasteiger partial charge on any atom is 0.0627 e. The van der Waals surface area contributed by atoms with Crippen molar-refractivity contribution >= 4 is 97.5 Å². The maximum atomic E-state index is 2.58. The number of hydrogen-bond acceptors (Lipinski definition) is 0. The molecule has 0 saturated carbocycles. The molecule has 0 bridgehead atoms. The molecule has 0 saturated heterocycles. The largest absolute Gasteiger partial charge is 0.309 e. The summed E-state index contributed by atoms with van der Waals surface area (Å²) in [6.07, 6.45) is 0. The van der Waals surface area contributed by atoms with E-state index in [1.54, 1.807) is 0 Å². The lowest BCUT2D eigenvalue weighted by Gasteiger charge is -2.16. The zero-order chi connectivity index (χ0) is 33.9. The Bertz CT molecular complexity index is 3420. The van der Waals surface area contributed by atoms with Crippen molar-refractivity contribution in [1.29, 1.82) is 0 Å². The Balaban J connectivity index is 1.35. The van der Waals surface area contributed by atoms with Crippen LogP contribution in [-0.4, -0.2) is 9.13 Å². The van der Waals surface area contributed by atoms with Gasteiger partial charge < -0.3 is 9.13 Å². The summed E-state index contributed by atoms with van der Waals surface area (Å²) < 4.78 is 5.05. The highest BCUT2D eigenvalue weighted by molar-refractivity contribution is 6.39. The van der Waals surface area contributed by atoms with E-state index in [4.69, 9.17) is 0 Å². The molecular formula is C50H30N2. The van der Waals surface area contributed by atoms with Crippen molar-refractivity contribution < 1.29 is 0 Å². The third kappa shape index (κ3) is 3.58. The zero-order valence-electron chi connectivity index (χ0n) is 28.2. The van der Waals surface area contributed by atoms with Gasteiger partial charge in [0.25, 0.3) is 0 Å². The number of hydrogen-bond donors (Lipinski definition) is 0. The molecule has 0 amide bonds. The number of fused-ring (bicyclic) bond motifs is 18. The molecule has 10 aromatic carbocycles. The van der Waals surface area contributed by atoms with Crippen LogP contribution < -0.4 is 0 Å². The van der Waals surface area contributed by atoms with E-state index in [0.29, 0.717) is 0 Å². The molecule has 12 rings (SSSR count). The quantitative estimate of drug-likeness (QED) is 0.164. The first-order valence-electron chi connectivity index (χ1n) is 18.0. The standard InChI is InChI=1S/C50H30N2/c1-2-15-32(16-3-1)51-45-25-13-12-24-42(45)46-47-43-28-26-31-14-4-5-17-34(31)48(43)52(50(47)41-23-11-10-22-40(41)49(46)51)33-27-29-39-37-20-7-6-18-35(37)36-19-8-9-21-38(36)44(39)30-33/h1-30H. The average Bonchev–Trinajstić information content (AvgIpc) is 3.75. The molecular weight excluding hydrogens is 629 g/mol. The highest BCUT2D eigenvalue weighted by atomic mass is 15.0. The van der Waals surface area contributed by atoms with Crippen LogP contribution >= 0.6 is 0 Å². The highest BCUT2D eigenvalue weighted by Crippen LogP contribution is 2.48. The molecule has 0 radical (unpaired) electrons. The van der Waals surface area contributed by atoms with E-state index in [1.165, 1.54) is 109 Å². The van der Waals surface area contributed by atoms with E-state index in [0.717, 1.165) is 0 Å². The van der Waals surface area contributed by atoms with Gasteiger partial charge in [-0.2, -0.15) is 0 Å². The minimum absolute atomic E-state index is 1.17. The van der Waals surface area contributed by atoms with Gasteiger partial charge in [-0.1, -0.05) is 152 Å². The summed E-state index contributed by atoms with van der Waals surface area (Å²) in [5.74, 6) is 0. The van der Waals surface area contributed by atoms with Gasteiger partial charge in [-0.25, -0.2) is 0 Å². The molecule has 52 heavy (non-hydrogen) atoms. The Kier molecular flexibility index (Phi) is 5.53. The van der Waals surface area contributed by atoms with Gasteiger partial charge in [0.15, 0.2) is 0 Å². The Morgan fingerprint density at radius 2 is 0.731 bits per heavy atom. The molecule has 0 spiro atoms. The lowest BCUT2D eigenvalue weighted by Crippen LogP contribution is -1.97. The molecule has 240 valence electrons. The SMILES string of the molecule is c1ccc(-n2c3ccccc3c3c4c5ccc6ccccc6c5n(-c5ccc6c7ccccc7c7ccccc7c6c5)c4c4ccccc4c32)cc1. The predicted molar refractivity (Wildman–Crippen MR) is 223 cm³/mol. The van der Waals surface area contributed by atoms with E-state index in [2.05, 4.69) is 191 Å². The van der Waals surface area contributed by atoms with Gasteiger partial charge in [0, 0.05) is 49.1 Å². The van der Waals surface area contributed by atoms with Gasteiger partial charge in [-0.05, 0) is 68.0 Å². The van der Waals surface area contributed by atoms with Gasteiger partial charge in [-0.3, -0.25) is 0 Å². The molecule has 2 heteroatoms. The fourth-order valence-electron chi connectivity index (χ4n) is 9.34. The molecule has 0 N–H and O–H groups in total. The van der Waals surface area contributed by atoms with Gasteiger partial charge in [0.1, 0.15) is 0 Å². The van der Waals surface area contributed by atoms with E-state index in [9.17, 15) is 0 Å². The van der Waals surface area contributed by atoms with Crippen molar-refractivity contribution in [2.45, 2.75) is 0 Å². The van der Waals surface area contributed by atoms with Crippen LogP contribution in [0.1, 0.15) is 0 Å². The monoisotopic (exact) mass is 658 g/mol. The van der Waals surface area contributed by atoms with Crippen molar-refractivity contribution in [2.24, 2.45) is 0 Å². The first kappa shape index (κ1) is 27.9. The molecule has 0 fully saturated rings. The van der Waals surface area contributed by atoms with Crippen LogP contribution in [0.25, 0.3) is 109 Å². The number of aromatic nitrogens is 2. The van der Waals surface area contributed by atoms with Crippen LogP contribution in [0.3, 0.4) is 0 Å². The lowest BCUT2D eigenvalue weighted by molar-refractivity contribution is 1.18. The van der Waals surface area contributed by atoms with Crippen molar-refractivity contribution in [1.82, 2.24) is 9.13 Å². The van der Waals surface area contributed by atoms with Gasteiger partial charge >= 0.3 is 0 Å². The van der Waals surface area contributed by atoms with Gasteiger partial charge in [-0.15, -0.1) is 0 Å². The van der Waals surface area contributed by atoms with Crippen molar-refractivity contribution in [2.75, 3.05) is 0 Å². The second-order valence-electron chi connectivity index (χ2n) is 14.0. The third-order valence-corrected chi connectivity index (χ3v) is 11.4. The third-order valence-electron chi connectivity index (χ3n) is 11.4. The Morgan fingerprint density at radius 3 is 1.42 bits per heavy atom. The lowest BCUT2D eigenvalue weighted by atomic mass is 9.94. The van der Waals surface area contributed by atoms with E-state index in [1.807, 2.05) is 0 Å². The summed E-state index contributed by atoms with van der Waals surface area (Å²) in [7, 11) is 0. The van der Waals surface area contributed by atoms with Gasteiger partial charge in [0.2, 0.25) is 0 Å². The highest BCUT2D eigenvalue weighted by Gasteiger charge is 2.25. The molecule has 0 atom stereocenters. The number of para-hydroxylation sites is 2. The summed E-state index contributed by atoms with van der Waals surface area (Å²) >= 11 is 0. The minimum atomic E-state index is 1.17. The smallest absolute Gasteiger partial charge is 0.0627 e. The van der Waals surface area contributed by atoms with Crippen LogP contribution in [0.5, 0.6) is 0 Å². The normalized spacial score (nSPS) is 12.2. The average molecular weight is 659 g/mol. The molecule has 2 heterocycles. The first-order valence-corrected chi connectivity index (χ1v) is 18.0. The number of benzene rings is 10. The van der Waals surface area contributed by atoms with Crippen LogP contribution in [0.2, 0.25) is 0 Å². The second kappa shape index (κ2) is 10.3. The minimum Gasteiger partial charge on any atom is -0.309 e. The van der Waals surface area contributed by atoms with Crippen LogP contribution in [0, 0.1) is 0 Å². The Hall–Kier alpha value is -6.90. The summed E-state index contributed by atoms with van der Waals surface area (Å²) in [6.45, 7) is 0. The molecule has 0 unspecified atom stereocenters. The van der Waals surface area contributed by atoms with E-state index in [-0.39, 0.29) is 0 Å². The fourth-order valence-corrected chi connectivity index (χ4v) is 9.34. The van der Waals surface area contributed by atoms with Crippen molar-refractivity contribution in [3.63, 3.8) is 0 Å². The molecule has 0 aliphatic heterocycles. The summed E-state index contributed by atoms with van der Waals surface area (Å²) in [4.78, 5) is 0. The first-order chi connectivity index (χ1) is 25.8. The van der Waals surface area contributed by atoms with Crippen molar-refractivity contribution in [3.05, 3.63) is 182 Å². The Labute approximate surface area is 299 Å². The van der Waals surface area contributed by atoms with Crippen molar-refractivity contribution in [3.8, 4) is 11.4 Å². The zero-order valence-corrected chi connectivity index (χ0v) is 28.2. The summed E-state index contributed by atoms with van der Waals surface area (Å²) in [6, 6.07) is 67.2. The molecule has 0 aliphatic rings. The second-order valence-corrected chi connectivity index (χ2v) is 14.0. The molecule has 12 aromatic rings. The van der Waals surface area contributed by atoms with E-state index < -0.39 is 0 Å². The summed E-state index contributed by atoms with van der Waals surface area (Å²) in [5, 5.41) is 17.8. The molecule has 0 aliphatic carbocycles. The topological polar surface area (TPSA) is 9.86 Å². The maximum absolute atomic E-state index is 2.58. The van der Waals surface area contributed by atoms with E-state index >= 15 is 0 Å². The van der Waals surface area contributed by atoms with Crippen LogP contribution in [0.4, 0.5) is 0 Å². The van der Waals surface area contributed by atoms with Gasteiger partial charge in [0.05, 0.1) is 22.1 Å². The van der Waals surface area contributed by atoms with Crippen LogP contribution in [-0.2, 0) is 0 Å². The predicted octanol–water partition coefficient (Wildman–Crippen LogP) is 13.6. The summed E-state index contributed by atoms with van der Waals surface area (Å²) in [5.41, 5.74) is 7.29. The Morgan fingerprint density at radius 1 is 0.250 bits per heavy atom. The van der Waals surface area contributed by atoms with Crippen LogP contribution in [0.15, 0.2) is 182 Å². The molecule has 2 aromatic heterocycles.